The number of nitrogens with one attached hydrogen (secondary N) is 1. The summed E-state index contributed by atoms with van der Waals surface area (Å²) >= 11 is 0. The molecule has 1 aliphatic carbocycles. The first kappa shape index (κ1) is 15.5. The van der Waals surface area contributed by atoms with Gasteiger partial charge in [-0.2, -0.15) is 0 Å². The highest BCUT2D eigenvalue weighted by Crippen LogP contribution is 2.35. The molecule has 0 aromatic rings. The average molecular weight is 293 g/mol. The standard InChI is InChI=1S/C15H19NO5/c1-4-7-19-14(18)16-13-9-12(17)5-6-15(13)20-10(2)8-11(3)21-15/h4-6,9-11H,1,7-8H2,2-3H3,(H,16,18)/t10-,11-/m1/s1. The number of carbonyl (C=O) groups excluding carboxylic acids is 2. The smallest absolute Gasteiger partial charge is 0.411 e. The normalized spacial score (nSPS) is 31.7. The predicted octanol–water partition coefficient (Wildman–Crippen LogP) is 1.83. The van der Waals surface area contributed by atoms with Gasteiger partial charge in [-0.3, -0.25) is 10.1 Å². The molecule has 1 amide bonds. The van der Waals surface area contributed by atoms with Crippen molar-refractivity contribution in [3.63, 3.8) is 0 Å². The van der Waals surface area contributed by atoms with E-state index < -0.39 is 11.9 Å². The van der Waals surface area contributed by atoms with Crippen molar-refractivity contribution in [2.75, 3.05) is 6.61 Å². The molecule has 0 aromatic carbocycles. The van der Waals surface area contributed by atoms with Crippen molar-refractivity contribution >= 4 is 11.9 Å². The minimum absolute atomic E-state index is 0.0685. The summed E-state index contributed by atoms with van der Waals surface area (Å²) in [5.74, 6) is -1.50. The molecule has 0 radical (unpaired) electrons. The van der Waals surface area contributed by atoms with E-state index in [0.717, 1.165) is 6.42 Å². The molecule has 1 aliphatic heterocycles. The number of hydrogen-bond acceptors (Lipinski definition) is 5. The summed E-state index contributed by atoms with van der Waals surface area (Å²) in [6, 6.07) is 0. The number of amides is 1. The van der Waals surface area contributed by atoms with Crippen LogP contribution in [0.3, 0.4) is 0 Å². The Morgan fingerprint density at radius 3 is 2.81 bits per heavy atom. The Morgan fingerprint density at radius 1 is 1.52 bits per heavy atom. The van der Waals surface area contributed by atoms with Crippen molar-refractivity contribution in [2.24, 2.45) is 0 Å². The second kappa shape index (κ2) is 6.24. The molecule has 0 aromatic heterocycles. The molecule has 2 aliphatic rings. The largest absolute Gasteiger partial charge is 0.445 e. The van der Waals surface area contributed by atoms with Gasteiger partial charge in [-0.25, -0.2) is 4.79 Å². The van der Waals surface area contributed by atoms with Crippen LogP contribution in [0.25, 0.3) is 0 Å². The van der Waals surface area contributed by atoms with Gasteiger partial charge in [0.2, 0.25) is 5.79 Å². The highest BCUT2D eigenvalue weighted by molar-refractivity contribution is 6.01. The van der Waals surface area contributed by atoms with E-state index in [0.29, 0.717) is 0 Å². The molecular formula is C15H19NO5. The lowest BCUT2D eigenvalue weighted by Gasteiger charge is -2.43. The van der Waals surface area contributed by atoms with Gasteiger partial charge in [-0.15, -0.1) is 0 Å². The molecule has 6 nitrogen and oxygen atoms in total. The first-order valence-corrected chi connectivity index (χ1v) is 6.81. The molecule has 1 heterocycles. The lowest BCUT2D eigenvalue weighted by atomic mass is 10.0. The van der Waals surface area contributed by atoms with Crippen LogP contribution in [0.2, 0.25) is 0 Å². The van der Waals surface area contributed by atoms with E-state index in [2.05, 4.69) is 11.9 Å². The average Bonchev–Trinajstić information content (AvgIpc) is 2.40. The maximum absolute atomic E-state index is 11.7. The van der Waals surface area contributed by atoms with Gasteiger partial charge in [0.25, 0.3) is 0 Å². The van der Waals surface area contributed by atoms with E-state index in [9.17, 15) is 9.59 Å². The van der Waals surface area contributed by atoms with E-state index in [1.165, 1.54) is 24.3 Å². The molecule has 2 atom stereocenters. The maximum atomic E-state index is 11.7. The number of carbonyl (C=O) groups is 2. The van der Waals surface area contributed by atoms with E-state index in [4.69, 9.17) is 14.2 Å². The molecular weight excluding hydrogens is 274 g/mol. The number of alkyl carbamates (subject to hydrolysis) is 1. The van der Waals surface area contributed by atoms with Crippen LogP contribution in [0, 0.1) is 0 Å². The fourth-order valence-corrected chi connectivity index (χ4v) is 2.37. The molecule has 6 heteroatoms. The summed E-state index contributed by atoms with van der Waals surface area (Å²) in [5.41, 5.74) is 0.225. The summed E-state index contributed by atoms with van der Waals surface area (Å²) in [4.78, 5) is 23.3. The van der Waals surface area contributed by atoms with Crippen LogP contribution in [0.15, 0.2) is 36.6 Å². The van der Waals surface area contributed by atoms with Crippen LogP contribution in [0.1, 0.15) is 20.3 Å². The summed E-state index contributed by atoms with van der Waals surface area (Å²) in [6.45, 7) is 7.36. The van der Waals surface area contributed by atoms with Crippen molar-refractivity contribution in [3.05, 3.63) is 36.6 Å². The number of allylic oxidation sites excluding steroid dienone is 2. The molecule has 1 fully saturated rings. The topological polar surface area (TPSA) is 73.9 Å². The summed E-state index contributed by atoms with van der Waals surface area (Å²) in [6.07, 6.45) is 5.52. The Labute approximate surface area is 123 Å². The van der Waals surface area contributed by atoms with Gasteiger partial charge in [-0.1, -0.05) is 12.7 Å². The monoisotopic (exact) mass is 293 g/mol. The van der Waals surface area contributed by atoms with Gasteiger partial charge in [0.05, 0.1) is 17.9 Å². The summed E-state index contributed by atoms with van der Waals surface area (Å²) < 4.78 is 16.5. The van der Waals surface area contributed by atoms with Gasteiger partial charge in [0, 0.05) is 6.08 Å². The van der Waals surface area contributed by atoms with Crippen LogP contribution in [0.5, 0.6) is 0 Å². The Kier molecular flexibility index (Phi) is 4.59. The SMILES string of the molecule is C=CCOC(=O)NC1=CC(=O)C=CC12O[C@H](C)C[C@@H](C)O2. The van der Waals surface area contributed by atoms with Crippen LogP contribution >= 0.6 is 0 Å². The first-order chi connectivity index (χ1) is 9.95. The third-order valence-electron chi connectivity index (χ3n) is 3.11. The van der Waals surface area contributed by atoms with Crippen LogP contribution in [-0.2, 0) is 19.0 Å². The summed E-state index contributed by atoms with van der Waals surface area (Å²) in [5, 5.41) is 2.52. The number of hydrogen-bond donors (Lipinski definition) is 1. The zero-order chi connectivity index (χ0) is 15.5. The zero-order valence-electron chi connectivity index (χ0n) is 12.1. The Hall–Kier alpha value is -1.92. The molecule has 21 heavy (non-hydrogen) atoms. The molecule has 1 saturated heterocycles. The zero-order valence-corrected chi connectivity index (χ0v) is 12.1. The minimum atomic E-state index is -1.25. The van der Waals surface area contributed by atoms with Crippen molar-refractivity contribution < 1.29 is 23.8 Å². The molecule has 0 bridgehead atoms. The van der Waals surface area contributed by atoms with Gasteiger partial charge in [-0.05, 0) is 32.4 Å². The van der Waals surface area contributed by atoms with E-state index in [1.54, 1.807) is 0 Å². The Bertz CT molecular complexity index is 498. The Balaban J connectivity index is 2.20. The van der Waals surface area contributed by atoms with E-state index in [-0.39, 0.29) is 30.3 Å². The molecule has 1 spiro atoms. The fraction of sp³-hybridized carbons (Fsp3) is 0.467. The molecule has 2 rings (SSSR count). The van der Waals surface area contributed by atoms with Gasteiger partial charge in [0.1, 0.15) is 6.61 Å². The second-order valence-electron chi connectivity index (χ2n) is 5.07. The fourth-order valence-electron chi connectivity index (χ4n) is 2.37. The lowest BCUT2D eigenvalue weighted by molar-refractivity contribution is -0.267. The van der Waals surface area contributed by atoms with Crippen molar-refractivity contribution in [2.45, 2.75) is 38.3 Å². The highest BCUT2D eigenvalue weighted by atomic mass is 16.7. The predicted molar refractivity (Wildman–Crippen MR) is 75.4 cm³/mol. The van der Waals surface area contributed by atoms with E-state index in [1.807, 2.05) is 13.8 Å². The summed E-state index contributed by atoms with van der Waals surface area (Å²) in [7, 11) is 0. The van der Waals surface area contributed by atoms with Crippen LogP contribution in [-0.4, -0.2) is 36.5 Å². The number of rotatable bonds is 3. The van der Waals surface area contributed by atoms with Crippen molar-refractivity contribution in [1.82, 2.24) is 5.32 Å². The molecule has 0 unspecified atom stereocenters. The van der Waals surface area contributed by atoms with Crippen molar-refractivity contribution in [1.29, 1.82) is 0 Å². The van der Waals surface area contributed by atoms with Crippen LogP contribution < -0.4 is 5.32 Å². The van der Waals surface area contributed by atoms with Gasteiger partial charge in [0.15, 0.2) is 5.78 Å². The quantitative estimate of drug-likeness (QED) is 0.804. The minimum Gasteiger partial charge on any atom is -0.445 e. The van der Waals surface area contributed by atoms with Gasteiger partial charge < -0.3 is 14.2 Å². The molecule has 1 N–H and O–H groups in total. The third-order valence-corrected chi connectivity index (χ3v) is 3.11. The van der Waals surface area contributed by atoms with E-state index >= 15 is 0 Å². The Morgan fingerprint density at radius 2 is 2.19 bits per heavy atom. The number of ether oxygens (including phenoxy) is 3. The third kappa shape index (κ3) is 3.59. The second-order valence-corrected chi connectivity index (χ2v) is 5.07. The maximum Gasteiger partial charge on any atom is 0.411 e. The number of ketones is 1. The lowest BCUT2D eigenvalue weighted by Crippen LogP contribution is -2.52. The molecule has 0 saturated carbocycles. The van der Waals surface area contributed by atoms with Gasteiger partial charge >= 0.3 is 6.09 Å². The molecule has 114 valence electrons. The highest BCUT2D eigenvalue weighted by Gasteiger charge is 2.44. The van der Waals surface area contributed by atoms with Crippen LogP contribution in [0.4, 0.5) is 4.79 Å². The van der Waals surface area contributed by atoms with Crippen molar-refractivity contribution in [3.8, 4) is 0 Å². The first-order valence-electron chi connectivity index (χ1n) is 6.81.